The van der Waals surface area contributed by atoms with E-state index in [1.54, 1.807) is 30.3 Å². The molecule has 0 fully saturated rings. The maximum Gasteiger partial charge on any atom is 0.255 e. The molecule has 0 aliphatic rings. The number of anilines is 2. The quantitative estimate of drug-likeness (QED) is 0.709. The molecule has 0 aliphatic heterocycles. The first kappa shape index (κ1) is 16.8. The molecule has 0 saturated carbocycles. The van der Waals surface area contributed by atoms with E-state index in [1.165, 1.54) is 6.92 Å². The summed E-state index contributed by atoms with van der Waals surface area (Å²) in [5, 5.41) is 6.16. The van der Waals surface area contributed by atoms with E-state index in [4.69, 9.17) is 11.6 Å². The molecule has 4 nitrogen and oxygen atoms in total. The van der Waals surface area contributed by atoms with Gasteiger partial charge in [-0.25, -0.2) is 0 Å². The monoisotopic (exact) mass is 428 g/mol. The van der Waals surface area contributed by atoms with Crippen LogP contribution >= 0.6 is 34.2 Å². The zero-order valence-electron chi connectivity index (χ0n) is 12.0. The molecule has 0 heterocycles. The Kier molecular flexibility index (Phi) is 5.42. The highest BCUT2D eigenvalue weighted by Gasteiger charge is 2.10. The predicted molar refractivity (Wildman–Crippen MR) is 97.6 cm³/mol. The van der Waals surface area contributed by atoms with Crippen LogP contribution in [0.5, 0.6) is 0 Å². The van der Waals surface area contributed by atoms with Crippen molar-refractivity contribution < 1.29 is 9.59 Å². The first-order valence-corrected chi connectivity index (χ1v) is 7.97. The van der Waals surface area contributed by atoms with Gasteiger partial charge in [0.15, 0.2) is 0 Å². The van der Waals surface area contributed by atoms with E-state index in [-0.39, 0.29) is 11.8 Å². The number of aryl methyl sites for hydroxylation is 1. The Bertz CT molecular complexity index is 747. The molecular weight excluding hydrogens is 415 g/mol. The fraction of sp³-hybridized carbons (Fsp3) is 0.125. The van der Waals surface area contributed by atoms with Crippen LogP contribution in [-0.4, -0.2) is 11.8 Å². The van der Waals surface area contributed by atoms with Crippen LogP contribution in [-0.2, 0) is 4.79 Å². The molecule has 0 atom stereocenters. The number of carbonyl (C=O) groups excluding carboxylic acids is 2. The topological polar surface area (TPSA) is 58.2 Å². The number of benzene rings is 2. The lowest BCUT2D eigenvalue weighted by Gasteiger charge is -2.11. The van der Waals surface area contributed by atoms with E-state index in [9.17, 15) is 9.59 Å². The first-order chi connectivity index (χ1) is 10.4. The zero-order valence-corrected chi connectivity index (χ0v) is 14.9. The van der Waals surface area contributed by atoms with Crippen molar-refractivity contribution in [3.8, 4) is 0 Å². The summed E-state index contributed by atoms with van der Waals surface area (Å²) in [6.07, 6.45) is 0. The van der Waals surface area contributed by atoms with Gasteiger partial charge in [0, 0.05) is 27.4 Å². The molecule has 6 heteroatoms. The van der Waals surface area contributed by atoms with Gasteiger partial charge in [0.05, 0.1) is 5.02 Å². The van der Waals surface area contributed by atoms with Crippen molar-refractivity contribution >= 4 is 57.4 Å². The molecule has 0 unspecified atom stereocenters. The van der Waals surface area contributed by atoms with E-state index in [0.29, 0.717) is 22.0 Å². The van der Waals surface area contributed by atoms with Crippen molar-refractivity contribution in [1.82, 2.24) is 0 Å². The van der Waals surface area contributed by atoms with Gasteiger partial charge < -0.3 is 10.6 Å². The van der Waals surface area contributed by atoms with Crippen LogP contribution < -0.4 is 10.6 Å². The zero-order chi connectivity index (χ0) is 16.3. The average molecular weight is 429 g/mol. The Morgan fingerprint density at radius 3 is 2.45 bits per heavy atom. The van der Waals surface area contributed by atoms with Gasteiger partial charge in [0.1, 0.15) is 0 Å². The van der Waals surface area contributed by atoms with Gasteiger partial charge in [0.25, 0.3) is 5.91 Å². The molecule has 2 aromatic carbocycles. The number of nitrogens with one attached hydrogen (secondary N) is 2. The molecule has 2 N–H and O–H groups in total. The maximum absolute atomic E-state index is 12.3. The molecule has 2 rings (SSSR count). The standard InChI is InChI=1S/C16H14ClIN2O2/c1-9-3-5-12(19-10(2)21)8-15(9)20-16(22)11-4-6-13(17)14(18)7-11/h3-8H,1-2H3,(H,19,21)(H,20,22). The van der Waals surface area contributed by atoms with Crippen LogP contribution in [0, 0.1) is 10.5 Å². The van der Waals surface area contributed by atoms with E-state index in [0.717, 1.165) is 9.13 Å². The lowest BCUT2D eigenvalue weighted by molar-refractivity contribution is -0.114. The molecule has 0 spiro atoms. The number of rotatable bonds is 3. The second kappa shape index (κ2) is 7.11. The largest absolute Gasteiger partial charge is 0.326 e. The summed E-state index contributed by atoms with van der Waals surface area (Å²) in [6, 6.07) is 10.5. The van der Waals surface area contributed by atoms with Crippen LogP contribution in [0.3, 0.4) is 0 Å². The highest BCUT2D eigenvalue weighted by atomic mass is 127. The predicted octanol–water partition coefficient (Wildman–Crippen LogP) is 4.46. The fourth-order valence-corrected chi connectivity index (χ4v) is 2.50. The Balaban J connectivity index is 2.23. The summed E-state index contributed by atoms with van der Waals surface area (Å²) < 4.78 is 0.815. The molecule has 0 radical (unpaired) electrons. The van der Waals surface area contributed by atoms with E-state index >= 15 is 0 Å². The molecule has 0 aliphatic carbocycles. The second-order valence-corrected chi connectivity index (χ2v) is 6.36. The third kappa shape index (κ3) is 4.20. The average Bonchev–Trinajstić information content (AvgIpc) is 2.45. The summed E-state index contributed by atoms with van der Waals surface area (Å²) in [4.78, 5) is 23.4. The normalized spacial score (nSPS) is 10.2. The molecule has 2 aromatic rings. The smallest absolute Gasteiger partial charge is 0.255 e. The minimum Gasteiger partial charge on any atom is -0.326 e. The summed E-state index contributed by atoms with van der Waals surface area (Å²) in [5.74, 6) is -0.383. The molecule has 0 saturated heterocycles. The van der Waals surface area contributed by atoms with Gasteiger partial charge in [-0.15, -0.1) is 0 Å². The summed E-state index contributed by atoms with van der Waals surface area (Å²) in [7, 11) is 0. The molecular formula is C16H14ClIN2O2. The SMILES string of the molecule is CC(=O)Nc1ccc(C)c(NC(=O)c2ccc(Cl)c(I)c2)c1. The third-order valence-corrected chi connectivity index (χ3v) is 4.53. The summed E-state index contributed by atoms with van der Waals surface area (Å²) in [6.45, 7) is 3.33. The van der Waals surface area contributed by atoms with E-state index in [2.05, 4.69) is 33.2 Å². The van der Waals surface area contributed by atoms with Gasteiger partial charge in [0.2, 0.25) is 5.91 Å². The summed E-state index contributed by atoms with van der Waals surface area (Å²) in [5.41, 5.74) is 2.73. The summed E-state index contributed by atoms with van der Waals surface area (Å²) >= 11 is 8.04. The van der Waals surface area contributed by atoms with Crippen LogP contribution in [0.25, 0.3) is 0 Å². The number of amides is 2. The van der Waals surface area contributed by atoms with Gasteiger partial charge >= 0.3 is 0 Å². The van der Waals surface area contributed by atoms with Crippen LogP contribution in [0.15, 0.2) is 36.4 Å². The molecule has 0 bridgehead atoms. The Morgan fingerprint density at radius 2 is 1.82 bits per heavy atom. The molecule has 114 valence electrons. The minimum atomic E-state index is -0.224. The first-order valence-electron chi connectivity index (χ1n) is 6.51. The third-order valence-electron chi connectivity index (χ3n) is 2.99. The van der Waals surface area contributed by atoms with Crippen molar-refractivity contribution in [2.75, 3.05) is 10.6 Å². The van der Waals surface area contributed by atoms with Crippen LogP contribution in [0.1, 0.15) is 22.8 Å². The van der Waals surface area contributed by atoms with Crippen LogP contribution in [0.2, 0.25) is 5.02 Å². The number of carbonyl (C=O) groups is 2. The molecule has 0 aromatic heterocycles. The van der Waals surface area contributed by atoms with E-state index < -0.39 is 0 Å². The number of halogens is 2. The van der Waals surface area contributed by atoms with Crippen LogP contribution in [0.4, 0.5) is 11.4 Å². The van der Waals surface area contributed by atoms with Crippen molar-refractivity contribution in [2.24, 2.45) is 0 Å². The highest BCUT2D eigenvalue weighted by molar-refractivity contribution is 14.1. The van der Waals surface area contributed by atoms with Gasteiger partial charge in [-0.3, -0.25) is 9.59 Å². The van der Waals surface area contributed by atoms with Gasteiger partial charge in [-0.1, -0.05) is 17.7 Å². The van der Waals surface area contributed by atoms with Gasteiger partial charge in [-0.2, -0.15) is 0 Å². The highest BCUT2D eigenvalue weighted by Crippen LogP contribution is 2.23. The lowest BCUT2D eigenvalue weighted by Crippen LogP contribution is -2.13. The van der Waals surface area contributed by atoms with Crippen molar-refractivity contribution in [1.29, 1.82) is 0 Å². The van der Waals surface area contributed by atoms with Gasteiger partial charge in [-0.05, 0) is 65.4 Å². The Labute approximate surface area is 147 Å². The Morgan fingerprint density at radius 1 is 1.09 bits per heavy atom. The fourth-order valence-electron chi connectivity index (χ4n) is 1.87. The van der Waals surface area contributed by atoms with Crippen molar-refractivity contribution in [3.63, 3.8) is 0 Å². The minimum absolute atomic E-state index is 0.159. The van der Waals surface area contributed by atoms with Crippen molar-refractivity contribution in [3.05, 3.63) is 56.1 Å². The number of hydrogen-bond donors (Lipinski definition) is 2. The molecule has 22 heavy (non-hydrogen) atoms. The number of hydrogen-bond acceptors (Lipinski definition) is 2. The maximum atomic E-state index is 12.3. The van der Waals surface area contributed by atoms with Crippen molar-refractivity contribution in [2.45, 2.75) is 13.8 Å². The molecule has 2 amide bonds. The second-order valence-electron chi connectivity index (χ2n) is 4.79. The van der Waals surface area contributed by atoms with E-state index in [1.807, 2.05) is 13.0 Å². The Hall–Kier alpha value is -1.60. The lowest BCUT2D eigenvalue weighted by atomic mass is 10.1.